The number of aromatic nitrogens is 2. The van der Waals surface area contributed by atoms with Gasteiger partial charge in [0.1, 0.15) is 12.4 Å². The normalized spacial score (nSPS) is 31.7. The molecule has 0 aromatic carbocycles. The Balaban J connectivity index is 1.80. The van der Waals surface area contributed by atoms with Gasteiger partial charge in [0, 0.05) is 12.5 Å². The molecule has 3 unspecified atom stereocenters. The fourth-order valence-electron chi connectivity index (χ4n) is 3.53. The second kappa shape index (κ2) is 4.07. The van der Waals surface area contributed by atoms with E-state index in [1.807, 2.05) is 6.92 Å². The van der Waals surface area contributed by atoms with Crippen LogP contribution in [0.15, 0.2) is 0 Å². The minimum absolute atomic E-state index is 0.312. The summed E-state index contributed by atoms with van der Waals surface area (Å²) in [6.07, 6.45) is 2.37. The van der Waals surface area contributed by atoms with Gasteiger partial charge in [-0.3, -0.25) is 0 Å². The summed E-state index contributed by atoms with van der Waals surface area (Å²) < 4.78 is 11.9. The molecule has 1 aromatic heterocycles. The highest BCUT2D eigenvalue weighted by molar-refractivity contribution is 5.58. The number of aryl methyl sites for hydroxylation is 2. The molecule has 19 heavy (non-hydrogen) atoms. The second-order valence-corrected chi connectivity index (χ2v) is 5.73. The zero-order valence-electron chi connectivity index (χ0n) is 11.4. The van der Waals surface area contributed by atoms with E-state index in [2.05, 4.69) is 21.8 Å². The molecule has 5 heteroatoms. The molecule has 4 heterocycles. The van der Waals surface area contributed by atoms with Crippen molar-refractivity contribution >= 4 is 5.82 Å². The molecule has 5 nitrogen and oxygen atoms in total. The average molecular weight is 261 g/mol. The number of fused-ring (bicyclic) bond motifs is 6. The lowest BCUT2D eigenvalue weighted by atomic mass is 9.93. The maximum absolute atomic E-state index is 5.97. The van der Waals surface area contributed by atoms with Crippen LogP contribution in [0.3, 0.4) is 0 Å². The zero-order chi connectivity index (χ0) is 13.0. The van der Waals surface area contributed by atoms with E-state index in [0.29, 0.717) is 24.7 Å². The van der Waals surface area contributed by atoms with Gasteiger partial charge in [-0.2, -0.15) is 0 Å². The van der Waals surface area contributed by atoms with Crippen LogP contribution < -0.4 is 9.64 Å². The van der Waals surface area contributed by atoms with E-state index in [1.165, 1.54) is 6.42 Å². The number of rotatable bonds is 1. The molecule has 0 N–H and O–H groups in total. The number of anilines is 1. The van der Waals surface area contributed by atoms with Crippen LogP contribution in [0.5, 0.6) is 5.75 Å². The van der Waals surface area contributed by atoms with E-state index in [-0.39, 0.29) is 0 Å². The number of hydrogen-bond donors (Lipinski definition) is 0. The maximum Gasteiger partial charge on any atom is 0.183 e. The van der Waals surface area contributed by atoms with Gasteiger partial charge in [-0.25, -0.2) is 9.97 Å². The second-order valence-electron chi connectivity index (χ2n) is 5.73. The third-order valence-electron chi connectivity index (χ3n) is 4.43. The average Bonchev–Trinajstić information content (AvgIpc) is 2.80. The molecule has 1 aromatic rings. The van der Waals surface area contributed by atoms with Crippen LogP contribution in [0.2, 0.25) is 0 Å². The molecule has 0 radical (unpaired) electrons. The molecule has 2 fully saturated rings. The highest BCUT2D eigenvalue weighted by Crippen LogP contribution is 2.41. The van der Waals surface area contributed by atoms with Crippen LogP contribution in [0.4, 0.5) is 5.82 Å². The molecule has 0 spiro atoms. The number of piperidine rings is 1. The Bertz CT molecular complexity index is 520. The van der Waals surface area contributed by atoms with Crippen LogP contribution >= 0.6 is 0 Å². The summed E-state index contributed by atoms with van der Waals surface area (Å²) >= 11 is 0. The Hall–Kier alpha value is -1.36. The molecule has 102 valence electrons. The van der Waals surface area contributed by atoms with Crippen LogP contribution in [-0.2, 0) is 11.2 Å². The lowest BCUT2D eigenvalue weighted by molar-refractivity contribution is 0.0698. The first-order valence-electron chi connectivity index (χ1n) is 7.14. The predicted octanol–water partition coefficient (Wildman–Crippen LogP) is 1.33. The highest BCUT2D eigenvalue weighted by Gasteiger charge is 2.45. The van der Waals surface area contributed by atoms with Gasteiger partial charge in [-0.05, 0) is 19.8 Å². The van der Waals surface area contributed by atoms with Crippen molar-refractivity contribution < 1.29 is 9.47 Å². The van der Waals surface area contributed by atoms with Gasteiger partial charge in [0.05, 0.1) is 24.4 Å². The van der Waals surface area contributed by atoms with E-state index < -0.39 is 0 Å². The molecule has 2 saturated heterocycles. The van der Waals surface area contributed by atoms with Gasteiger partial charge in [0.2, 0.25) is 0 Å². The third-order valence-corrected chi connectivity index (χ3v) is 4.43. The smallest absolute Gasteiger partial charge is 0.183 e. The molecule has 0 aliphatic carbocycles. The summed E-state index contributed by atoms with van der Waals surface area (Å²) in [6.45, 7) is 6.69. The zero-order valence-corrected chi connectivity index (χ0v) is 11.4. The Labute approximate surface area is 112 Å². The summed E-state index contributed by atoms with van der Waals surface area (Å²) in [6, 6.07) is 0.324. The van der Waals surface area contributed by atoms with Crippen molar-refractivity contribution in [2.45, 2.75) is 38.8 Å². The van der Waals surface area contributed by atoms with Crippen molar-refractivity contribution in [3.8, 4) is 5.75 Å². The minimum Gasteiger partial charge on any atom is -0.486 e. The molecular weight excluding hydrogens is 242 g/mol. The lowest BCUT2D eigenvalue weighted by Crippen LogP contribution is -2.54. The highest BCUT2D eigenvalue weighted by atomic mass is 16.5. The maximum atomic E-state index is 5.97. The Morgan fingerprint density at radius 1 is 1.32 bits per heavy atom. The first-order valence-corrected chi connectivity index (χ1v) is 7.14. The van der Waals surface area contributed by atoms with Gasteiger partial charge in [0.25, 0.3) is 0 Å². The summed E-state index contributed by atoms with van der Waals surface area (Å²) in [5, 5.41) is 0. The fraction of sp³-hybridized carbons (Fsp3) is 0.714. The van der Waals surface area contributed by atoms with Crippen molar-refractivity contribution in [3.05, 3.63) is 11.5 Å². The molecule has 3 aliphatic rings. The SMILES string of the molecule is CCc1nc(C)nc2c1OCC1C3CC(CO3)CN21. The van der Waals surface area contributed by atoms with E-state index in [1.54, 1.807) is 0 Å². The molecule has 2 bridgehead atoms. The van der Waals surface area contributed by atoms with Crippen LogP contribution in [0.25, 0.3) is 0 Å². The molecule has 0 amide bonds. The Morgan fingerprint density at radius 2 is 2.21 bits per heavy atom. The summed E-state index contributed by atoms with van der Waals surface area (Å²) in [5.41, 5.74) is 1.03. The minimum atomic E-state index is 0.312. The largest absolute Gasteiger partial charge is 0.486 e. The quantitative estimate of drug-likeness (QED) is 0.763. The van der Waals surface area contributed by atoms with Crippen LogP contribution in [0, 0.1) is 12.8 Å². The van der Waals surface area contributed by atoms with Crippen LogP contribution in [-0.4, -0.2) is 41.9 Å². The van der Waals surface area contributed by atoms with E-state index in [4.69, 9.17) is 9.47 Å². The fourth-order valence-corrected chi connectivity index (χ4v) is 3.53. The summed E-state index contributed by atoms with van der Waals surface area (Å²) in [4.78, 5) is 11.5. The van der Waals surface area contributed by atoms with Gasteiger partial charge in [-0.15, -0.1) is 0 Å². The first-order chi connectivity index (χ1) is 9.26. The standard InChI is InChI=1S/C14H19N3O2/c1-3-10-13-14(16-8(2)15-10)17-5-9-4-12(18-6-9)11(17)7-19-13/h9,11-12H,3-7H2,1-2H3. The monoisotopic (exact) mass is 261 g/mol. The molecule has 3 atom stereocenters. The number of ether oxygens (including phenoxy) is 2. The van der Waals surface area contributed by atoms with Crippen molar-refractivity contribution in [3.63, 3.8) is 0 Å². The predicted molar refractivity (Wildman–Crippen MR) is 70.6 cm³/mol. The topological polar surface area (TPSA) is 47.5 Å². The number of nitrogens with zero attached hydrogens (tertiary/aromatic N) is 3. The van der Waals surface area contributed by atoms with E-state index >= 15 is 0 Å². The van der Waals surface area contributed by atoms with E-state index in [9.17, 15) is 0 Å². The molecular formula is C14H19N3O2. The summed E-state index contributed by atoms with van der Waals surface area (Å²) in [7, 11) is 0. The Kier molecular flexibility index (Phi) is 2.45. The van der Waals surface area contributed by atoms with Gasteiger partial charge >= 0.3 is 0 Å². The van der Waals surface area contributed by atoms with Gasteiger partial charge in [0.15, 0.2) is 11.6 Å². The molecule has 4 rings (SSSR count). The van der Waals surface area contributed by atoms with Gasteiger partial charge < -0.3 is 14.4 Å². The molecule has 0 saturated carbocycles. The summed E-state index contributed by atoms with van der Waals surface area (Å²) in [5.74, 6) is 3.36. The lowest BCUT2D eigenvalue weighted by Gasteiger charge is -2.43. The molecule has 3 aliphatic heterocycles. The Morgan fingerprint density at radius 3 is 3.05 bits per heavy atom. The van der Waals surface area contributed by atoms with Gasteiger partial charge in [-0.1, -0.05) is 6.92 Å². The first kappa shape index (κ1) is 11.5. The van der Waals surface area contributed by atoms with Crippen LogP contribution in [0.1, 0.15) is 24.9 Å². The number of hydrogen-bond acceptors (Lipinski definition) is 5. The van der Waals surface area contributed by atoms with Crippen molar-refractivity contribution in [2.75, 3.05) is 24.7 Å². The third kappa shape index (κ3) is 1.64. The van der Waals surface area contributed by atoms with Crippen molar-refractivity contribution in [1.29, 1.82) is 0 Å². The van der Waals surface area contributed by atoms with Crippen molar-refractivity contribution in [2.24, 2.45) is 5.92 Å². The van der Waals surface area contributed by atoms with Crippen molar-refractivity contribution in [1.82, 2.24) is 9.97 Å². The van der Waals surface area contributed by atoms with E-state index in [0.717, 1.165) is 42.7 Å².